The van der Waals surface area contributed by atoms with Gasteiger partial charge in [0.2, 0.25) is 5.89 Å². The number of amides is 1. The molecule has 9 nitrogen and oxygen atoms in total. The average molecular weight is 455 g/mol. The van der Waals surface area contributed by atoms with E-state index in [1.54, 1.807) is 25.5 Å². The van der Waals surface area contributed by atoms with E-state index >= 15 is 0 Å². The summed E-state index contributed by atoms with van der Waals surface area (Å²) in [6.45, 7) is 6.73. The molecule has 0 spiro atoms. The molecular formula is C24H30N4O5. The molecule has 2 aromatic heterocycles. The third kappa shape index (κ3) is 6.92. The van der Waals surface area contributed by atoms with Gasteiger partial charge in [0.1, 0.15) is 17.8 Å². The van der Waals surface area contributed by atoms with Gasteiger partial charge in [-0.15, -0.1) is 0 Å². The lowest BCUT2D eigenvalue weighted by Crippen LogP contribution is -2.41. The summed E-state index contributed by atoms with van der Waals surface area (Å²) < 4.78 is 21.6. The molecule has 4 rings (SSSR count). The molecular weight excluding hydrogens is 424 g/mol. The van der Waals surface area contributed by atoms with Crippen molar-refractivity contribution < 1.29 is 23.1 Å². The predicted octanol–water partition coefficient (Wildman–Crippen LogP) is 2.54. The van der Waals surface area contributed by atoms with Crippen LogP contribution in [-0.2, 0) is 24.4 Å². The van der Waals surface area contributed by atoms with Gasteiger partial charge in [0.25, 0.3) is 5.91 Å². The number of carbonyl (C=O) groups excluding carboxylic acids is 1. The van der Waals surface area contributed by atoms with Crippen molar-refractivity contribution in [1.29, 1.82) is 0 Å². The monoisotopic (exact) mass is 454 g/mol. The van der Waals surface area contributed by atoms with Gasteiger partial charge < -0.3 is 23.6 Å². The van der Waals surface area contributed by atoms with Crippen molar-refractivity contribution in [3.05, 3.63) is 71.8 Å². The first kappa shape index (κ1) is 23.0. The Kier molecular flexibility index (Phi) is 8.13. The first-order chi connectivity index (χ1) is 16.2. The van der Waals surface area contributed by atoms with Crippen LogP contribution in [0.3, 0.4) is 0 Å². The second-order valence-electron chi connectivity index (χ2n) is 7.90. The van der Waals surface area contributed by atoms with Gasteiger partial charge in [0, 0.05) is 32.7 Å². The number of furan rings is 1. The fraction of sp³-hybridized carbons (Fsp3) is 0.417. The van der Waals surface area contributed by atoms with E-state index in [1.165, 1.54) is 11.8 Å². The minimum absolute atomic E-state index is 0.258. The zero-order chi connectivity index (χ0) is 22.9. The van der Waals surface area contributed by atoms with E-state index in [1.807, 2.05) is 12.1 Å². The quantitative estimate of drug-likeness (QED) is 0.473. The van der Waals surface area contributed by atoms with E-state index in [2.05, 4.69) is 32.2 Å². The van der Waals surface area contributed by atoms with E-state index in [-0.39, 0.29) is 11.6 Å². The van der Waals surface area contributed by atoms with Gasteiger partial charge in [-0.1, -0.05) is 12.1 Å². The Morgan fingerprint density at radius 1 is 1.15 bits per heavy atom. The topological polar surface area (TPSA) is 93.2 Å². The summed E-state index contributed by atoms with van der Waals surface area (Å²) in [6.07, 6.45) is 2.98. The Labute approximate surface area is 193 Å². The number of morpholine rings is 1. The van der Waals surface area contributed by atoms with E-state index in [9.17, 15) is 4.79 Å². The van der Waals surface area contributed by atoms with E-state index in [4.69, 9.17) is 18.3 Å². The number of nitrogens with one attached hydrogen (secondary N) is 1. The number of rotatable bonds is 11. The standard InChI is InChI=1S/C24H30N4O5/c1-30-20-6-4-19(5-7-20)16-28(9-8-27-10-13-31-14-11-27)17-23-26-22(18-33-23)24(29)25-15-21-3-2-12-32-21/h2-7,12,18H,8-11,13-17H2,1H3,(H,25,29). The lowest BCUT2D eigenvalue weighted by Gasteiger charge is -2.29. The molecule has 1 aromatic carbocycles. The molecule has 1 aliphatic heterocycles. The third-order valence-electron chi connectivity index (χ3n) is 5.55. The fourth-order valence-electron chi connectivity index (χ4n) is 3.66. The molecule has 3 heterocycles. The number of nitrogens with zero attached hydrogens (tertiary/aromatic N) is 3. The Balaban J connectivity index is 1.37. The van der Waals surface area contributed by atoms with E-state index < -0.39 is 0 Å². The highest BCUT2D eigenvalue weighted by Gasteiger charge is 2.17. The summed E-state index contributed by atoms with van der Waals surface area (Å²) in [5.74, 6) is 1.72. The minimum atomic E-state index is -0.295. The Hall–Kier alpha value is -3.14. The number of hydrogen-bond donors (Lipinski definition) is 1. The summed E-state index contributed by atoms with van der Waals surface area (Å²) in [5.41, 5.74) is 1.43. The second-order valence-corrected chi connectivity index (χ2v) is 7.90. The SMILES string of the molecule is COc1ccc(CN(CCN2CCOCC2)Cc2nc(C(=O)NCc3ccco3)co2)cc1. The molecule has 1 aliphatic rings. The molecule has 0 unspecified atom stereocenters. The van der Waals surface area contributed by atoms with Gasteiger partial charge in [-0.25, -0.2) is 4.98 Å². The molecule has 0 atom stereocenters. The third-order valence-corrected chi connectivity index (χ3v) is 5.55. The maximum absolute atomic E-state index is 12.4. The average Bonchev–Trinajstić information content (AvgIpc) is 3.55. The Morgan fingerprint density at radius 2 is 1.97 bits per heavy atom. The van der Waals surface area contributed by atoms with Crippen LogP contribution in [0.1, 0.15) is 27.7 Å². The van der Waals surface area contributed by atoms with Crippen molar-refractivity contribution in [3.63, 3.8) is 0 Å². The second kappa shape index (κ2) is 11.6. The van der Waals surface area contributed by atoms with Crippen molar-refractivity contribution in [2.45, 2.75) is 19.6 Å². The molecule has 3 aromatic rings. The summed E-state index contributed by atoms with van der Waals surface area (Å²) in [5, 5.41) is 2.79. The lowest BCUT2D eigenvalue weighted by atomic mass is 10.2. The van der Waals surface area contributed by atoms with Crippen molar-refractivity contribution in [2.24, 2.45) is 0 Å². The van der Waals surface area contributed by atoms with Crippen molar-refractivity contribution in [2.75, 3.05) is 46.5 Å². The molecule has 1 fully saturated rings. The van der Waals surface area contributed by atoms with Crippen LogP contribution >= 0.6 is 0 Å². The summed E-state index contributed by atoms with van der Waals surface area (Å²) in [6, 6.07) is 11.6. The van der Waals surface area contributed by atoms with E-state index in [0.717, 1.165) is 51.7 Å². The Morgan fingerprint density at radius 3 is 2.70 bits per heavy atom. The smallest absolute Gasteiger partial charge is 0.273 e. The maximum Gasteiger partial charge on any atom is 0.273 e. The highest BCUT2D eigenvalue weighted by atomic mass is 16.5. The molecule has 1 amide bonds. The normalized spacial score (nSPS) is 14.5. The highest BCUT2D eigenvalue weighted by molar-refractivity contribution is 5.91. The van der Waals surface area contributed by atoms with Crippen LogP contribution in [0.5, 0.6) is 5.75 Å². The largest absolute Gasteiger partial charge is 0.497 e. The molecule has 0 radical (unpaired) electrons. The molecule has 1 N–H and O–H groups in total. The van der Waals surface area contributed by atoms with Crippen LogP contribution in [0.2, 0.25) is 0 Å². The lowest BCUT2D eigenvalue weighted by molar-refractivity contribution is 0.0320. The first-order valence-electron chi connectivity index (χ1n) is 11.1. The predicted molar refractivity (Wildman–Crippen MR) is 121 cm³/mol. The van der Waals surface area contributed by atoms with Gasteiger partial charge >= 0.3 is 0 Å². The molecule has 33 heavy (non-hydrogen) atoms. The highest BCUT2D eigenvalue weighted by Crippen LogP contribution is 2.15. The number of methoxy groups -OCH3 is 1. The van der Waals surface area contributed by atoms with Gasteiger partial charge in [0.15, 0.2) is 5.69 Å². The van der Waals surface area contributed by atoms with Gasteiger partial charge in [-0.05, 0) is 29.8 Å². The van der Waals surface area contributed by atoms with Gasteiger partial charge in [-0.3, -0.25) is 14.6 Å². The molecule has 176 valence electrons. The zero-order valence-electron chi connectivity index (χ0n) is 18.9. The fourth-order valence-corrected chi connectivity index (χ4v) is 3.66. The van der Waals surface area contributed by atoms with Crippen molar-refractivity contribution in [1.82, 2.24) is 20.1 Å². The maximum atomic E-state index is 12.4. The van der Waals surface area contributed by atoms with Crippen LogP contribution in [0.4, 0.5) is 0 Å². The van der Waals surface area contributed by atoms with Crippen LogP contribution in [0.25, 0.3) is 0 Å². The van der Waals surface area contributed by atoms with Crippen molar-refractivity contribution in [3.8, 4) is 5.75 Å². The number of carbonyl (C=O) groups is 1. The molecule has 0 bridgehead atoms. The number of benzene rings is 1. The summed E-state index contributed by atoms with van der Waals surface area (Å²) in [7, 11) is 1.66. The minimum Gasteiger partial charge on any atom is -0.497 e. The molecule has 1 saturated heterocycles. The molecule has 0 saturated carbocycles. The van der Waals surface area contributed by atoms with Crippen molar-refractivity contribution >= 4 is 5.91 Å². The zero-order valence-corrected chi connectivity index (χ0v) is 18.9. The van der Waals surface area contributed by atoms with Crippen LogP contribution < -0.4 is 10.1 Å². The van der Waals surface area contributed by atoms with Gasteiger partial charge in [-0.2, -0.15) is 0 Å². The van der Waals surface area contributed by atoms with Crippen LogP contribution in [0.15, 0.2) is 57.8 Å². The number of oxazole rings is 1. The Bertz CT molecular complexity index is 981. The van der Waals surface area contributed by atoms with Gasteiger partial charge in [0.05, 0.1) is 39.7 Å². The summed E-state index contributed by atoms with van der Waals surface area (Å²) in [4.78, 5) is 21.5. The molecule has 9 heteroatoms. The number of aromatic nitrogens is 1. The number of ether oxygens (including phenoxy) is 2. The summed E-state index contributed by atoms with van der Waals surface area (Å²) >= 11 is 0. The van der Waals surface area contributed by atoms with Crippen LogP contribution in [-0.4, -0.2) is 67.2 Å². The van der Waals surface area contributed by atoms with Crippen LogP contribution in [0, 0.1) is 0 Å². The molecule has 0 aliphatic carbocycles. The number of hydrogen-bond acceptors (Lipinski definition) is 8. The first-order valence-corrected chi connectivity index (χ1v) is 11.1. The van der Waals surface area contributed by atoms with E-state index in [0.29, 0.717) is 24.7 Å².